The van der Waals surface area contributed by atoms with E-state index >= 15 is 0 Å². The molecule has 0 aliphatic carbocycles. The number of aryl methyl sites for hydroxylation is 4. The molecule has 1 heterocycles. The molecule has 3 rings (SSSR count). The highest BCUT2D eigenvalue weighted by atomic mass is 32.2. The van der Waals surface area contributed by atoms with Crippen LogP contribution in [0.5, 0.6) is 0 Å². The standard InChI is InChI=1S/C20H23N5OS/c1-12-8-6-9-13(2)17(12)21-19(26)16(5)27-20-22-23-24-25(20)18-14(3)10-7-11-15(18)4/h6-11,16H,1-5H3,(H,21,26). The molecule has 2 aromatic carbocycles. The number of amides is 1. The molecule has 0 saturated carbocycles. The quantitative estimate of drug-likeness (QED) is 0.676. The van der Waals surface area contributed by atoms with Gasteiger partial charge in [0, 0.05) is 5.69 Å². The third-order valence-electron chi connectivity index (χ3n) is 4.47. The third kappa shape index (κ3) is 4.03. The lowest BCUT2D eigenvalue weighted by atomic mass is 10.1. The predicted molar refractivity (Wildman–Crippen MR) is 108 cm³/mol. The lowest BCUT2D eigenvalue weighted by Crippen LogP contribution is -2.24. The van der Waals surface area contributed by atoms with Crippen molar-refractivity contribution < 1.29 is 4.79 Å². The molecule has 0 spiro atoms. The van der Waals surface area contributed by atoms with Crippen LogP contribution in [0, 0.1) is 27.7 Å². The average Bonchev–Trinajstić information content (AvgIpc) is 3.05. The van der Waals surface area contributed by atoms with Gasteiger partial charge in [0.05, 0.1) is 10.9 Å². The Hall–Kier alpha value is -2.67. The molecule has 140 valence electrons. The second-order valence-corrected chi connectivity index (χ2v) is 7.94. The summed E-state index contributed by atoms with van der Waals surface area (Å²) >= 11 is 1.34. The van der Waals surface area contributed by atoms with Gasteiger partial charge >= 0.3 is 0 Å². The van der Waals surface area contributed by atoms with Gasteiger partial charge in [0.2, 0.25) is 11.1 Å². The van der Waals surface area contributed by atoms with Crippen LogP contribution in [0.15, 0.2) is 41.6 Å². The molecule has 1 aromatic heterocycles. The average molecular weight is 382 g/mol. The summed E-state index contributed by atoms with van der Waals surface area (Å²) in [5.41, 5.74) is 6.06. The highest BCUT2D eigenvalue weighted by Crippen LogP contribution is 2.27. The van der Waals surface area contributed by atoms with E-state index in [1.54, 1.807) is 4.68 Å². The van der Waals surface area contributed by atoms with Crippen molar-refractivity contribution in [2.24, 2.45) is 0 Å². The molecule has 6 nitrogen and oxygen atoms in total. The Morgan fingerprint density at radius 3 is 2.15 bits per heavy atom. The van der Waals surface area contributed by atoms with Crippen LogP contribution in [0.25, 0.3) is 5.69 Å². The van der Waals surface area contributed by atoms with Crippen LogP contribution in [0.1, 0.15) is 29.2 Å². The van der Waals surface area contributed by atoms with Crippen LogP contribution in [0.4, 0.5) is 5.69 Å². The summed E-state index contributed by atoms with van der Waals surface area (Å²) in [4.78, 5) is 12.7. The van der Waals surface area contributed by atoms with Crippen LogP contribution in [0.2, 0.25) is 0 Å². The Bertz CT molecular complexity index is 942. The minimum absolute atomic E-state index is 0.0755. The number of tetrazole rings is 1. The summed E-state index contributed by atoms with van der Waals surface area (Å²) in [6.45, 7) is 9.88. The number of rotatable bonds is 5. The first kappa shape index (κ1) is 19.1. The number of thioether (sulfide) groups is 1. The fraction of sp³-hybridized carbons (Fsp3) is 0.300. The van der Waals surface area contributed by atoms with Crippen LogP contribution in [-0.4, -0.2) is 31.4 Å². The fourth-order valence-corrected chi connectivity index (χ4v) is 3.77. The molecule has 0 aliphatic rings. The maximum atomic E-state index is 12.7. The first-order chi connectivity index (χ1) is 12.9. The van der Waals surface area contributed by atoms with Crippen molar-refractivity contribution in [2.75, 3.05) is 5.32 Å². The zero-order valence-electron chi connectivity index (χ0n) is 16.1. The maximum absolute atomic E-state index is 12.7. The molecule has 0 fully saturated rings. The number of para-hydroxylation sites is 2. The number of hydrogen-bond acceptors (Lipinski definition) is 5. The van der Waals surface area contributed by atoms with Crippen molar-refractivity contribution in [1.29, 1.82) is 0 Å². The zero-order chi connectivity index (χ0) is 19.6. The molecule has 1 amide bonds. The smallest absolute Gasteiger partial charge is 0.237 e. The minimum Gasteiger partial charge on any atom is -0.325 e. The van der Waals surface area contributed by atoms with Gasteiger partial charge in [-0.15, -0.1) is 5.10 Å². The van der Waals surface area contributed by atoms with Crippen LogP contribution < -0.4 is 5.32 Å². The van der Waals surface area contributed by atoms with Crippen molar-refractivity contribution >= 4 is 23.4 Å². The molecule has 1 atom stereocenters. The monoisotopic (exact) mass is 381 g/mol. The van der Waals surface area contributed by atoms with Crippen molar-refractivity contribution in [3.05, 3.63) is 58.7 Å². The van der Waals surface area contributed by atoms with Gasteiger partial charge in [-0.25, -0.2) is 0 Å². The normalized spacial score (nSPS) is 12.0. The van der Waals surface area contributed by atoms with Crippen molar-refractivity contribution in [1.82, 2.24) is 20.2 Å². The largest absolute Gasteiger partial charge is 0.325 e. The van der Waals surface area contributed by atoms with E-state index in [0.29, 0.717) is 5.16 Å². The van der Waals surface area contributed by atoms with Crippen LogP contribution in [-0.2, 0) is 4.79 Å². The summed E-state index contributed by atoms with van der Waals surface area (Å²) in [5, 5.41) is 15.4. The summed E-state index contributed by atoms with van der Waals surface area (Å²) in [7, 11) is 0. The summed E-state index contributed by atoms with van der Waals surface area (Å²) in [5.74, 6) is -0.0755. The van der Waals surface area contributed by atoms with Gasteiger partial charge in [-0.05, 0) is 67.3 Å². The number of aromatic nitrogens is 4. The molecule has 0 bridgehead atoms. The van der Waals surface area contributed by atoms with Gasteiger partial charge in [-0.3, -0.25) is 4.79 Å². The van der Waals surface area contributed by atoms with Gasteiger partial charge in [0.25, 0.3) is 0 Å². The number of nitrogens with one attached hydrogen (secondary N) is 1. The Labute approximate surface area is 163 Å². The third-order valence-corrected chi connectivity index (χ3v) is 5.51. The van der Waals surface area contributed by atoms with Crippen LogP contribution >= 0.6 is 11.8 Å². The molecule has 27 heavy (non-hydrogen) atoms. The molecule has 7 heteroatoms. The lowest BCUT2D eigenvalue weighted by molar-refractivity contribution is -0.115. The highest BCUT2D eigenvalue weighted by Gasteiger charge is 2.21. The second-order valence-electron chi connectivity index (χ2n) is 6.63. The number of carbonyl (C=O) groups is 1. The van der Waals surface area contributed by atoms with E-state index in [2.05, 4.69) is 20.8 Å². The molecule has 3 aromatic rings. The van der Waals surface area contributed by atoms with E-state index in [4.69, 9.17) is 0 Å². The Morgan fingerprint density at radius 1 is 1.00 bits per heavy atom. The van der Waals surface area contributed by atoms with Crippen molar-refractivity contribution in [3.8, 4) is 5.69 Å². The molecule has 0 radical (unpaired) electrons. The van der Waals surface area contributed by atoms with E-state index in [-0.39, 0.29) is 11.2 Å². The number of anilines is 1. The highest BCUT2D eigenvalue weighted by molar-refractivity contribution is 8.00. The molecular formula is C20H23N5OS. The first-order valence-electron chi connectivity index (χ1n) is 8.77. The SMILES string of the molecule is Cc1cccc(C)c1NC(=O)C(C)Sc1nnnn1-c1c(C)cccc1C. The summed E-state index contributed by atoms with van der Waals surface area (Å²) < 4.78 is 1.71. The zero-order valence-corrected chi connectivity index (χ0v) is 17.0. The van der Waals surface area contributed by atoms with Crippen LogP contribution in [0.3, 0.4) is 0 Å². The number of nitrogens with zero attached hydrogens (tertiary/aromatic N) is 4. The topological polar surface area (TPSA) is 72.7 Å². The molecule has 0 aliphatic heterocycles. The van der Waals surface area contributed by atoms with E-state index in [1.165, 1.54) is 11.8 Å². The molecule has 1 unspecified atom stereocenters. The van der Waals surface area contributed by atoms with E-state index < -0.39 is 0 Å². The van der Waals surface area contributed by atoms with Gasteiger partial charge < -0.3 is 5.32 Å². The van der Waals surface area contributed by atoms with E-state index in [9.17, 15) is 4.79 Å². The van der Waals surface area contributed by atoms with E-state index in [0.717, 1.165) is 33.6 Å². The summed E-state index contributed by atoms with van der Waals surface area (Å²) in [6.07, 6.45) is 0. The number of carbonyl (C=O) groups excluding carboxylic acids is 1. The van der Waals surface area contributed by atoms with Gasteiger partial charge in [-0.1, -0.05) is 48.2 Å². The molecule has 1 N–H and O–H groups in total. The Kier molecular flexibility index (Phi) is 5.60. The molecule has 0 saturated heterocycles. The van der Waals surface area contributed by atoms with Crippen molar-refractivity contribution in [3.63, 3.8) is 0 Å². The van der Waals surface area contributed by atoms with Gasteiger partial charge in [0.1, 0.15) is 0 Å². The van der Waals surface area contributed by atoms with Gasteiger partial charge in [-0.2, -0.15) is 4.68 Å². The first-order valence-corrected chi connectivity index (χ1v) is 9.65. The number of hydrogen-bond donors (Lipinski definition) is 1. The fourth-order valence-electron chi connectivity index (χ4n) is 2.98. The lowest BCUT2D eigenvalue weighted by Gasteiger charge is -2.16. The predicted octanol–water partition coefficient (Wildman–Crippen LogP) is 4.02. The summed E-state index contributed by atoms with van der Waals surface area (Å²) in [6, 6.07) is 12.0. The Balaban J connectivity index is 1.81. The maximum Gasteiger partial charge on any atom is 0.237 e. The van der Waals surface area contributed by atoms with Crippen molar-refractivity contribution in [2.45, 2.75) is 45.0 Å². The second kappa shape index (κ2) is 7.92. The Morgan fingerprint density at radius 2 is 1.56 bits per heavy atom. The molecular weight excluding hydrogens is 358 g/mol. The van der Waals surface area contributed by atoms with E-state index in [1.807, 2.05) is 71.0 Å². The number of benzene rings is 2. The van der Waals surface area contributed by atoms with Gasteiger partial charge in [0.15, 0.2) is 0 Å². The minimum atomic E-state index is -0.349.